The number of rotatable bonds is 7. The van der Waals surface area contributed by atoms with Crippen molar-refractivity contribution < 1.29 is 19.1 Å². The lowest BCUT2D eigenvalue weighted by Crippen LogP contribution is -2.11. The Morgan fingerprint density at radius 3 is 2.42 bits per heavy atom. The lowest BCUT2D eigenvalue weighted by Gasteiger charge is -2.07. The van der Waals surface area contributed by atoms with Crippen LogP contribution in [0.1, 0.15) is 31.5 Å². The quantitative estimate of drug-likeness (QED) is 0.707. The number of aromatic nitrogens is 1. The molecule has 106 valence electrons. The molecule has 1 aromatic heterocycles. The van der Waals surface area contributed by atoms with Crippen LogP contribution in [0.4, 0.5) is 0 Å². The zero-order chi connectivity index (χ0) is 14.3. The number of carbonyl (C=O) groups is 2. The van der Waals surface area contributed by atoms with Crippen LogP contribution in [0.15, 0.2) is 12.3 Å². The molecule has 0 aliphatic heterocycles. The monoisotopic (exact) mass is 267 g/mol. The third-order valence-corrected chi connectivity index (χ3v) is 2.85. The summed E-state index contributed by atoms with van der Waals surface area (Å²) in [5.41, 5.74) is 1.92. The molecule has 0 bridgehead atoms. The maximum absolute atomic E-state index is 11.4. The Bertz CT molecular complexity index is 437. The smallest absolute Gasteiger partial charge is 0.310 e. The second kappa shape index (κ2) is 7.61. The molecule has 0 atom stereocenters. The molecule has 0 aliphatic carbocycles. The summed E-state index contributed by atoms with van der Waals surface area (Å²) in [7, 11) is 0. The molecule has 0 amide bonds. The Labute approximate surface area is 113 Å². The van der Waals surface area contributed by atoms with Crippen LogP contribution < -0.4 is 0 Å². The summed E-state index contributed by atoms with van der Waals surface area (Å²) in [6.45, 7) is 6.86. The first-order valence-corrected chi connectivity index (χ1v) is 6.54. The molecule has 0 aromatic carbocycles. The Hall–Kier alpha value is -1.78. The van der Waals surface area contributed by atoms with Crippen molar-refractivity contribution in [1.29, 1.82) is 0 Å². The van der Waals surface area contributed by atoms with Crippen LogP contribution in [0.5, 0.6) is 0 Å². The molecule has 19 heavy (non-hydrogen) atoms. The maximum Gasteiger partial charge on any atom is 0.310 e. The van der Waals surface area contributed by atoms with Crippen molar-refractivity contribution in [2.24, 2.45) is 0 Å². The van der Waals surface area contributed by atoms with E-state index in [9.17, 15) is 9.59 Å². The number of nitrogens with zero attached hydrogens (tertiary/aromatic N) is 1. The van der Waals surface area contributed by atoms with Gasteiger partial charge in [0, 0.05) is 18.4 Å². The van der Waals surface area contributed by atoms with Crippen molar-refractivity contribution in [3.8, 4) is 0 Å². The van der Waals surface area contributed by atoms with Gasteiger partial charge in [0.2, 0.25) is 0 Å². The molecule has 0 saturated heterocycles. The summed E-state index contributed by atoms with van der Waals surface area (Å²) in [5, 5.41) is 0. The Morgan fingerprint density at radius 2 is 1.79 bits per heavy atom. The Morgan fingerprint density at radius 1 is 1.16 bits per heavy atom. The van der Waals surface area contributed by atoms with Gasteiger partial charge in [0.25, 0.3) is 0 Å². The van der Waals surface area contributed by atoms with E-state index < -0.39 is 0 Å². The van der Waals surface area contributed by atoms with Gasteiger partial charge < -0.3 is 14.0 Å². The first-order valence-electron chi connectivity index (χ1n) is 6.54. The summed E-state index contributed by atoms with van der Waals surface area (Å²) < 4.78 is 11.7. The topological polar surface area (TPSA) is 57.5 Å². The fraction of sp³-hybridized carbons (Fsp3) is 0.571. The summed E-state index contributed by atoms with van der Waals surface area (Å²) in [6.07, 6.45) is 2.48. The predicted molar refractivity (Wildman–Crippen MR) is 70.8 cm³/mol. The van der Waals surface area contributed by atoms with Crippen molar-refractivity contribution in [2.45, 2.75) is 40.2 Å². The van der Waals surface area contributed by atoms with Gasteiger partial charge in [-0.1, -0.05) is 0 Å². The number of hydrogen-bond acceptors (Lipinski definition) is 4. The normalized spacial score (nSPS) is 10.3. The van der Waals surface area contributed by atoms with Crippen LogP contribution in [-0.4, -0.2) is 29.7 Å². The fourth-order valence-corrected chi connectivity index (χ4v) is 1.84. The molecular weight excluding hydrogens is 246 g/mol. The van der Waals surface area contributed by atoms with E-state index in [2.05, 4.69) is 0 Å². The van der Waals surface area contributed by atoms with Gasteiger partial charge >= 0.3 is 11.9 Å². The van der Waals surface area contributed by atoms with Crippen LogP contribution in [-0.2, 0) is 32.0 Å². The highest BCUT2D eigenvalue weighted by atomic mass is 16.5. The van der Waals surface area contributed by atoms with Gasteiger partial charge in [-0.15, -0.1) is 0 Å². The van der Waals surface area contributed by atoms with Crippen molar-refractivity contribution in [2.75, 3.05) is 13.2 Å². The standard InChI is InChI=1S/C14H21NO4/c1-4-18-13(16)7-9-15-8-6-12(11(15)3)10-14(17)19-5-2/h6,8H,4-5,7,9-10H2,1-3H3. The number of esters is 2. The molecule has 0 unspecified atom stereocenters. The van der Waals surface area contributed by atoms with Gasteiger partial charge in [-0.25, -0.2) is 0 Å². The number of carbonyl (C=O) groups excluding carboxylic acids is 2. The first-order chi connectivity index (χ1) is 9.08. The predicted octanol–water partition coefficient (Wildman–Crippen LogP) is 1.86. The van der Waals surface area contributed by atoms with Gasteiger partial charge in [0.15, 0.2) is 0 Å². The van der Waals surface area contributed by atoms with Gasteiger partial charge in [0.05, 0.1) is 26.1 Å². The van der Waals surface area contributed by atoms with Crippen LogP contribution in [0, 0.1) is 6.92 Å². The molecule has 1 heterocycles. The van der Waals surface area contributed by atoms with E-state index in [0.717, 1.165) is 11.3 Å². The average molecular weight is 267 g/mol. The van der Waals surface area contributed by atoms with E-state index in [1.165, 1.54) is 0 Å². The lowest BCUT2D eigenvalue weighted by molar-refractivity contribution is -0.144. The molecule has 5 heteroatoms. The molecule has 5 nitrogen and oxygen atoms in total. The minimum Gasteiger partial charge on any atom is -0.466 e. The first kappa shape index (κ1) is 15.3. The van der Waals surface area contributed by atoms with Crippen LogP contribution in [0.3, 0.4) is 0 Å². The van der Waals surface area contributed by atoms with Gasteiger partial charge in [0.1, 0.15) is 0 Å². The highest BCUT2D eigenvalue weighted by molar-refractivity contribution is 5.73. The highest BCUT2D eigenvalue weighted by Gasteiger charge is 2.11. The average Bonchev–Trinajstić information content (AvgIpc) is 2.69. The van der Waals surface area contributed by atoms with Crippen molar-refractivity contribution in [1.82, 2.24) is 4.57 Å². The Balaban J connectivity index is 2.55. The van der Waals surface area contributed by atoms with E-state index in [0.29, 0.717) is 26.2 Å². The highest BCUT2D eigenvalue weighted by Crippen LogP contribution is 2.12. The van der Waals surface area contributed by atoms with Gasteiger partial charge in [-0.3, -0.25) is 9.59 Å². The third kappa shape index (κ3) is 4.77. The molecule has 0 aliphatic rings. The summed E-state index contributed by atoms with van der Waals surface area (Å²) in [5.74, 6) is -0.434. The lowest BCUT2D eigenvalue weighted by atomic mass is 10.2. The third-order valence-electron chi connectivity index (χ3n) is 2.85. The van der Waals surface area contributed by atoms with Crippen LogP contribution in [0.25, 0.3) is 0 Å². The molecule has 1 rings (SSSR count). The zero-order valence-corrected chi connectivity index (χ0v) is 11.8. The van der Waals surface area contributed by atoms with E-state index in [4.69, 9.17) is 9.47 Å². The molecule has 1 aromatic rings. The Kier molecular flexibility index (Phi) is 6.12. The molecule has 0 saturated carbocycles. The molecular formula is C14H21NO4. The van der Waals surface area contributed by atoms with E-state index in [-0.39, 0.29) is 18.4 Å². The largest absolute Gasteiger partial charge is 0.466 e. The minimum atomic E-state index is -0.228. The number of hydrogen-bond donors (Lipinski definition) is 0. The van der Waals surface area contributed by atoms with E-state index >= 15 is 0 Å². The second-order valence-corrected chi connectivity index (χ2v) is 4.16. The maximum atomic E-state index is 11.4. The van der Waals surface area contributed by atoms with Gasteiger partial charge in [-0.2, -0.15) is 0 Å². The minimum absolute atomic E-state index is 0.206. The van der Waals surface area contributed by atoms with Crippen molar-refractivity contribution in [3.05, 3.63) is 23.5 Å². The molecule has 0 radical (unpaired) electrons. The fourth-order valence-electron chi connectivity index (χ4n) is 1.84. The summed E-state index contributed by atoms with van der Waals surface area (Å²) in [6, 6.07) is 1.89. The number of ether oxygens (including phenoxy) is 2. The van der Waals surface area contributed by atoms with Crippen LogP contribution >= 0.6 is 0 Å². The van der Waals surface area contributed by atoms with Crippen LogP contribution in [0.2, 0.25) is 0 Å². The van der Waals surface area contributed by atoms with E-state index in [1.807, 2.05) is 23.8 Å². The van der Waals surface area contributed by atoms with Crippen molar-refractivity contribution in [3.63, 3.8) is 0 Å². The molecule has 0 fully saturated rings. The molecule has 0 N–H and O–H groups in total. The van der Waals surface area contributed by atoms with Gasteiger partial charge in [-0.05, 0) is 32.4 Å². The van der Waals surface area contributed by atoms with E-state index in [1.54, 1.807) is 13.8 Å². The SMILES string of the molecule is CCOC(=O)CCn1ccc(CC(=O)OCC)c1C. The zero-order valence-electron chi connectivity index (χ0n) is 11.8. The summed E-state index contributed by atoms with van der Waals surface area (Å²) in [4.78, 5) is 22.7. The summed E-state index contributed by atoms with van der Waals surface area (Å²) >= 11 is 0. The molecule has 0 spiro atoms. The second-order valence-electron chi connectivity index (χ2n) is 4.16. The number of aryl methyl sites for hydroxylation is 1. The van der Waals surface area contributed by atoms with Crippen molar-refractivity contribution >= 4 is 11.9 Å².